The second kappa shape index (κ2) is 5.14. The third-order valence-electron chi connectivity index (χ3n) is 3.27. The Bertz CT molecular complexity index is 477. The van der Waals surface area contributed by atoms with Crippen molar-refractivity contribution >= 4 is 33.3 Å². The fraction of sp³-hybridized carbons (Fsp3) is 0.500. The van der Waals surface area contributed by atoms with Crippen LogP contribution in [0.2, 0.25) is 0 Å². The van der Waals surface area contributed by atoms with Crippen LogP contribution in [0.1, 0.15) is 18.4 Å². The Kier molecular flexibility index (Phi) is 3.75. The molecule has 1 aliphatic rings. The van der Waals surface area contributed by atoms with Crippen molar-refractivity contribution in [1.82, 2.24) is 9.88 Å². The van der Waals surface area contributed by atoms with Crippen molar-refractivity contribution in [1.29, 1.82) is 0 Å². The molecule has 98 valence electrons. The average Bonchev–Trinajstić information content (AvgIpc) is 2.34. The first-order chi connectivity index (χ1) is 8.49. The summed E-state index contributed by atoms with van der Waals surface area (Å²) in [6.45, 7) is 2.65. The molecular weight excluding hydrogens is 296 g/mol. The van der Waals surface area contributed by atoms with Crippen molar-refractivity contribution < 1.29 is 4.79 Å². The molecule has 2 heterocycles. The van der Waals surface area contributed by atoms with Crippen LogP contribution in [0.4, 0.5) is 11.5 Å². The molecule has 3 N–H and O–H groups in total. The van der Waals surface area contributed by atoms with E-state index in [-0.39, 0.29) is 11.9 Å². The second-order valence-electron chi connectivity index (χ2n) is 4.66. The Labute approximate surface area is 115 Å². The number of amides is 1. The number of carbonyl (C=O) groups is 1. The maximum absolute atomic E-state index is 11.4. The number of likely N-dealkylation sites (tertiary alicyclic amines) is 1. The maximum atomic E-state index is 11.4. The van der Waals surface area contributed by atoms with Crippen LogP contribution in [0.25, 0.3) is 0 Å². The van der Waals surface area contributed by atoms with E-state index < -0.39 is 0 Å². The Balaban J connectivity index is 2.11. The van der Waals surface area contributed by atoms with E-state index in [4.69, 9.17) is 5.73 Å². The highest BCUT2D eigenvalue weighted by Crippen LogP contribution is 2.28. The molecule has 1 atom stereocenters. The van der Waals surface area contributed by atoms with E-state index in [1.165, 1.54) is 0 Å². The van der Waals surface area contributed by atoms with Gasteiger partial charge in [-0.15, -0.1) is 0 Å². The summed E-state index contributed by atoms with van der Waals surface area (Å²) in [7, 11) is 1.83. The van der Waals surface area contributed by atoms with Gasteiger partial charge in [0, 0.05) is 26.1 Å². The van der Waals surface area contributed by atoms with Crippen molar-refractivity contribution in [3.8, 4) is 0 Å². The zero-order chi connectivity index (χ0) is 13.3. The largest absolute Gasteiger partial charge is 0.397 e. The third-order valence-corrected chi connectivity index (χ3v) is 4.24. The van der Waals surface area contributed by atoms with Gasteiger partial charge < -0.3 is 16.0 Å². The minimum atomic E-state index is 0.202. The highest BCUT2D eigenvalue weighted by Gasteiger charge is 2.23. The molecule has 6 heteroatoms. The molecule has 1 aliphatic heterocycles. The van der Waals surface area contributed by atoms with Crippen LogP contribution in [0, 0.1) is 6.92 Å². The molecule has 18 heavy (non-hydrogen) atoms. The number of nitrogens with two attached hydrogens (primary N) is 1. The number of piperidine rings is 1. The summed E-state index contributed by atoms with van der Waals surface area (Å²) in [6.07, 6.45) is 3.07. The monoisotopic (exact) mass is 312 g/mol. The topological polar surface area (TPSA) is 71.2 Å². The molecule has 0 radical (unpaired) electrons. The first-order valence-corrected chi connectivity index (χ1v) is 6.69. The SMILES string of the molecule is Cc1c(N)cnc(NC2CCC(=O)N(C)C2)c1Br. The second-order valence-corrected chi connectivity index (χ2v) is 5.45. The smallest absolute Gasteiger partial charge is 0.222 e. The van der Waals surface area contributed by atoms with E-state index in [9.17, 15) is 4.79 Å². The quantitative estimate of drug-likeness (QED) is 0.873. The van der Waals surface area contributed by atoms with E-state index >= 15 is 0 Å². The molecular formula is C12H17BrN4O. The first kappa shape index (κ1) is 13.1. The van der Waals surface area contributed by atoms with Crippen molar-refractivity contribution in [2.75, 3.05) is 24.6 Å². The summed E-state index contributed by atoms with van der Waals surface area (Å²) in [5, 5.41) is 3.36. The molecule has 1 unspecified atom stereocenters. The van der Waals surface area contributed by atoms with E-state index in [0.717, 1.165) is 22.3 Å². The highest BCUT2D eigenvalue weighted by atomic mass is 79.9. The van der Waals surface area contributed by atoms with E-state index in [1.807, 2.05) is 14.0 Å². The van der Waals surface area contributed by atoms with Gasteiger partial charge in [0.15, 0.2) is 0 Å². The van der Waals surface area contributed by atoms with Crippen molar-refractivity contribution in [2.45, 2.75) is 25.8 Å². The number of anilines is 2. The number of nitrogens with zero attached hydrogens (tertiary/aromatic N) is 2. The minimum Gasteiger partial charge on any atom is -0.397 e. The molecule has 0 spiro atoms. The number of nitrogens with one attached hydrogen (secondary N) is 1. The van der Waals surface area contributed by atoms with Crippen LogP contribution < -0.4 is 11.1 Å². The number of carbonyl (C=O) groups excluding carboxylic acids is 1. The number of aromatic nitrogens is 1. The molecule has 0 saturated carbocycles. The van der Waals surface area contributed by atoms with Gasteiger partial charge in [0.25, 0.3) is 0 Å². The Hall–Kier alpha value is -1.30. The molecule has 0 aromatic carbocycles. The Morgan fingerprint density at radius 3 is 3.00 bits per heavy atom. The zero-order valence-corrected chi connectivity index (χ0v) is 12.1. The van der Waals surface area contributed by atoms with Gasteiger partial charge in [-0.3, -0.25) is 4.79 Å². The summed E-state index contributed by atoms with van der Waals surface area (Å²) in [4.78, 5) is 17.5. The zero-order valence-electron chi connectivity index (χ0n) is 10.5. The van der Waals surface area contributed by atoms with Gasteiger partial charge in [-0.2, -0.15) is 0 Å². The van der Waals surface area contributed by atoms with Crippen LogP contribution in [0.15, 0.2) is 10.7 Å². The van der Waals surface area contributed by atoms with Gasteiger partial charge in [-0.05, 0) is 34.8 Å². The fourth-order valence-corrected chi connectivity index (χ4v) is 2.46. The lowest BCUT2D eigenvalue weighted by molar-refractivity contribution is -0.132. The molecule has 0 bridgehead atoms. The van der Waals surface area contributed by atoms with Crippen LogP contribution >= 0.6 is 15.9 Å². The summed E-state index contributed by atoms with van der Waals surface area (Å²) in [5.74, 6) is 0.989. The van der Waals surface area contributed by atoms with Crippen LogP contribution in [-0.2, 0) is 4.79 Å². The number of nitrogen functional groups attached to an aromatic ring is 1. The van der Waals surface area contributed by atoms with Gasteiger partial charge in [0.05, 0.1) is 16.4 Å². The lowest BCUT2D eigenvalue weighted by Crippen LogP contribution is -2.43. The number of hydrogen-bond acceptors (Lipinski definition) is 4. The van der Waals surface area contributed by atoms with Crippen molar-refractivity contribution in [3.05, 3.63) is 16.2 Å². The van der Waals surface area contributed by atoms with Crippen LogP contribution in [0.5, 0.6) is 0 Å². The van der Waals surface area contributed by atoms with E-state index in [0.29, 0.717) is 18.7 Å². The number of likely N-dealkylation sites (N-methyl/N-ethyl adjacent to an activating group) is 1. The normalized spacial score (nSPS) is 20.1. The van der Waals surface area contributed by atoms with Gasteiger partial charge in [-0.1, -0.05) is 0 Å². The summed E-state index contributed by atoms with van der Waals surface area (Å²) in [6, 6.07) is 0.236. The van der Waals surface area contributed by atoms with E-state index in [2.05, 4.69) is 26.2 Å². The van der Waals surface area contributed by atoms with Crippen molar-refractivity contribution in [2.24, 2.45) is 0 Å². The molecule has 1 aromatic rings. The molecule has 1 amide bonds. The molecule has 0 aliphatic carbocycles. The van der Waals surface area contributed by atoms with Crippen molar-refractivity contribution in [3.63, 3.8) is 0 Å². The first-order valence-electron chi connectivity index (χ1n) is 5.90. The molecule has 1 saturated heterocycles. The number of hydrogen-bond donors (Lipinski definition) is 2. The predicted molar refractivity (Wildman–Crippen MR) is 75.4 cm³/mol. The lowest BCUT2D eigenvalue weighted by atomic mass is 10.1. The Morgan fingerprint density at radius 2 is 2.33 bits per heavy atom. The molecule has 5 nitrogen and oxygen atoms in total. The van der Waals surface area contributed by atoms with Gasteiger partial charge >= 0.3 is 0 Å². The summed E-state index contributed by atoms with van der Waals surface area (Å²) >= 11 is 3.50. The molecule has 1 fully saturated rings. The summed E-state index contributed by atoms with van der Waals surface area (Å²) in [5.41, 5.74) is 7.44. The summed E-state index contributed by atoms with van der Waals surface area (Å²) < 4.78 is 0.891. The number of rotatable bonds is 2. The standard InChI is InChI=1S/C12H17BrN4O/c1-7-9(14)5-15-12(11(7)13)16-8-3-4-10(18)17(2)6-8/h5,8H,3-4,6,14H2,1-2H3,(H,15,16). The van der Waals surface area contributed by atoms with Gasteiger partial charge in [0.1, 0.15) is 5.82 Å². The van der Waals surface area contributed by atoms with Crippen LogP contribution in [0.3, 0.4) is 0 Å². The number of halogens is 1. The molecule has 1 aromatic heterocycles. The Morgan fingerprint density at radius 1 is 1.61 bits per heavy atom. The van der Waals surface area contributed by atoms with Gasteiger partial charge in [-0.25, -0.2) is 4.98 Å². The number of pyridine rings is 1. The fourth-order valence-electron chi connectivity index (χ4n) is 2.02. The van der Waals surface area contributed by atoms with E-state index in [1.54, 1.807) is 11.1 Å². The highest BCUT2D eigenvalue weighted by molar-refractivity contribution is 9.10. The van der Waals surface area contributed by atoms with Crippen LogP contribution in [-0.4, -0.2) is 35.4 Å². The third kappa shape index (κ3) is 2.58. The molecule has 2 rings (SSSR count). The maximum Gasteiger partial charge on any atom is 0.222 e. The minimum absolute atomic E-state index is 0.202. The average molecular weight is 313 g/mol. The van der Waals surface area contributed by atoms with Gasteiger partial charge in [0.2, 0.25) is 5.91 Å². The lowest BCUT2D eigenvalue weighted by Gasteiger charge is -2.30. The predicted octanol–water partition coefficient (Wildman–Crippen LogP) is 1.77.